The van der Waals surface area contributed by atoms with Gasteiger partial charge >= 0.3 is 0 Å². The predicted molar refractivity (Wildman–Crippen MR) is 227 cm³/mol. The highest BCUT2D eigenvalue weighted by atomic mass is 16.5. The number of carbonyl (C=O) groups excluding carboxylic acids is 2. The molecular formula is C46H72N4O6. The summed E-state index contributed by atoms with van der Waals surface area (Å²) in [4.78, 5) is 38.2. The second kappa shape index (κ2) is 25.5. The number of unbranched alkanes of at least 4 members (excludes halogenated alkanes) is 10. The van der Waals surface area contributed by atoms with Crippen LogP contribution in [-0.4, -0.2) is 140 Å². The predicted octanol–water partition coefficient (Wildman–Crippen LogP) is 7.49. The molecule has 0 radical (unpaired) electrons. The van der Waals surface area contributed by atoms with Crippen molar-refractivity contribution in [1.82, 2.24) is 9.80 Å². The molecule has 2 aromatic carbocycles. The summed E-state index contributed by atoms with van der Waals surface area (Å²) in [6.07, 6.45) is 15.5. The Bertz CT molecular complexity index is 1320. The first kappa shape index (κ1) is 44.2. The van der Waals surface area contributed by atoms with Crippen LogP contribution >= 0.6 is 0 Å². The van der Waals surface area contributed by atoms with Crippen LogP contribution < -0.4 is 9.80 Å². The van der Waals surface area contributed by atoms with E-state index in [4.69, 9.17) is 18.9 Å². The van der Waals surface area contributed by atoms with Gasteiger partial charge in [-0.15, -0.1) is 0 Å². The van der Waals surface area contributed by atoms with Crippen LogP contribution in [0.4, 0.5) is 11.4 Å². The van der Waals surface area contributed by atoms with Crippen molar-refractivity contribution in [3.63, 3.8) is 0 Å². The number of fused-ring (bicyclic) bond motifs is 2. The van der Waals surface area contributed by atoms with E-state index >= 15 is 0 Å². The molecule has 10 heteroatoms. The summed E-state index contributed by atoms with van der Waals surface area (Å²) in [5.74, 6) is -0.227. The van der Waals surface area contributed by atoms with Crippen molar-refractivity contribution in [2.24, 2.45) is 0 Å². The van der Waals surface area contributed by atoms with E-state index in [1.54, 1.807) is 12.1 Å². The number of ketones is 2. The van der Waals surface area contributed by atoms with Crippen molar-refractivity contribution in [3.8, 4) is 0 Å². The fraction of sp³-hybridized carbons (Fsp3) is 0.696. The quantitative estimate of drug-likeness (QED) is 0.137. The highest BCUT2D eigenvalue weighted by Gasteiger charge is 2.35. The van der Waals surface area contributed by atoms with E-state index in [0.29, 0.717) is 101 Å². The van der Waals surface area contributed by atoms with Crippen molar-refractivity contribution in [3.05, 3.63) is 58.7 Å². The third-order valence-electron chi connectivity index (χ3n) is 11.6. The molecule has 0 unspecified atom stereocenters. The van der Waals surface area contributed by atoms with Crippen LogP contribution in [0.2, 0.25) is 0 Å². The average molecular weight is 777 g/mol. The summed E-state index contributed by atoms with van der Waals surface area (Å²) in [6, 6.07) is 11.3. The Morgan fingerprint density at radius 3 is 1.14 bits per heavy atom. The van der Waals surface area contributed by atoms with E-state index < -0.39 is 0 Å². The van der Waals surface area contributed by atoms with Gasteiger partial charge in [0.2, 0.25) is 0 Å². The van der Waals surface area contributed by atoms with Crippen LogP contribution in [0.25, 0.3) is 0 Å². The smallest absolute Gasteiger partial charge is 0.198 e. The summed E-state index contributed by atoms with van der Waals surface area (Å²) >= 11 is 0. The molecule has 5 rings (SSSR count). The van der Waals surface area contributed by atoms with Gasteiger partial charge in [-0.2, -0.15) is 0 Å². The van der Waals surface area contributed by atoms with Crippen LogP contribution in [-0.2, 0) is 18.9 Å². The lowest BCUT2D eigenvalue weighted by Crippen LogP contribution is -2.38. The maximum atomic E-state index is 14.8. The number of carbonyl (C=O) groups is 2. The molecule has 0 atom stereocenters. The Hall–Kier alpha value is -2.86. The number of hydrogen-bond donors (Lipinski definition) is 0. The van der Waals surface area contributed by atoms with Gasteiger partial charge in [0.15, 0.2) is 11.6 Å². The molecular weight excluding hydrogens is 705 g/mol. The van der Waals surface area contributed by atoms with Crippen molar-refractivity contribution in [2.45, 2.75) is 90.9 Å². The monoisotopic (exact) mass is 777 g/mol. The molecule has 0 spiro atoms. The lowest BCUT2D eigenvalue weighted by Gasteiger charge is -2.33. The first-order chi connectivity index (χ1) is 27.6. The van der Waals surface area contributed by atoms with Crippen molar-refractivity contribution >= 4 is 22.9 Å². The summed E-state index contributed by atoms with van der Waals surface area (Å²) in [7, 11) is 0. The van der Waals surface area contributed by atoms with E-state index in [0.717, 1.165) is 50.6 Å². The summed E-state index contributed by atoms with van der Waals surface area (Å²) < 4.78 is 24.7. The molecule has 56 heavy (non-hydrogen) atoms. The highest BCUT2D eigenvalue weighted by Crippen LogP contribution is 2.38. The van der Waals surface area contributed by atoms with Crippen molar-refractivity contribution < 1.29 is 28.5 Å². The Morgan fingerprint density at radius 2 is 0.768 bits per heavy atom. The lowest BCUT2D eigenvalue weighted by molar-refractivity contribution is 0.0702. The normalized spacial score (nSPS) is 19.0. The Kier molecular flexibility index (Phi) is 20.1. The molecule has 1 aliphatic carbocycles. The molecule has 2 heterocycles. The highest BCUT2D eigenvalue weighted by molar-refractivity contribution is 6.32. The van der Waals surface area contributed by atoms with Gasteiger partial charge in [0, 0.05) is 74.9 Å². The van der Waals surface area contributed by atoms with Gasteiger partial charge in [-0.25, -0.2) is 0 Å². The van der Waals surface area contributed by atoms with Crippen LogP contribution in [0.5, 0.6) is 0 Å². The van der Waals surface area contributed by atoms with Gasteiger partial charge in [-0.3, -0.25) is 19.4 Å². The minimum Gasteiger partial charge on any atom is -0.378 e. The van der Waals surface area contributed by atoms with Gasteiger partial charge in [0.25, 0.3) is 0 Å². The van der Waals surface area contributed by atoms with E-state index in [1.807, 2.05) is 24.3 Å². The summed E-state index contributed by atoms with van der Waals surface area (Å²) in [5, 5.41) is 0. The Balaban J connectivity index is 1.22. The molecule has 10 nitrogen and oxygen atoms in total. The maximum absolute atomic E-state index is 14.8. The lowest BCUT2D eigenvalue weighted by atomic mass is 9.82. The number of benzene rings is 2. The zero-order valence-electron chi connectivity index (χ0n) is 34.9. The Labute approximate surface area is 338 Å². The molecule has 312 valence electrons. The molecule has 3 aliphatic rings. The number of nitrogens with zero attached hydrogens (tertiary/aromatic N) is 4. The molecule has 2 saturated heterocycles. The first-order valence-electron chi connectivity index (χ1n) is 22.2. The fourth-order valence-corrected chi connectivity index (χ4v) is 8.22. The van der Waals surface area contributed by atoms with Gasteiger partial charge < -0.3 is 28.7 Å². The van der Waals surface area contributed by atoms with Gasteiger partial charge in [0.05, 0.1) is 64.0 Å². The third kappa shape index (κ3) is 13.6. The van der Waals surface area contributed by atoms with Crippen LogP contribution in [0.3, 0.4) is 0 Å². The topological polar surface area (TPSA) is 84.0 Å². The molecule has 2 fully saturated rings. The van der Waals surface area contributed by atoms with E-state index in [9.17, 15) is 9.59 Å². The van der Waals surface area contributed by atoms with Crippen LogP contribution in [0.1, 0.15) is 123 Å². The molecule has 2 aromatic rings. The van der Waals surface area contributed by atoms with Gasteiger partial charge in [-0.1, -0.05) is 102 Å². The number of hydrogen-bond acceptors (Lipinski definition) is 10. The maximum Gasteiger partial charge on any atom is 0.198 e. The standard InChI is InChI=1S/C46H72N4O6/c1-3-5-7-9-11-13-21-47-23-31-53-35-27-49(28-36-54-32-24-47)41-19-15-17-39-43(41)46(52)44-40(45(39)51)18-16-20-42(44)50-29-37-55-33-25-48(26-34-56-38-30-50)22-14-12-10-8-6-4-2/h15-20H,3-14,21-38H2,1-2H3. The van der Waals surface area contributed by atoms with E-state index in [-0.39, 0.29) is 11.6 Å². The van der Waals surface area contributed by atoms with Crippen LogP contribution in [0.15, 0.2) is 36.4 Å². The minimum absolute atomic E-state index is 0.113. The summed E-state index contributed by atoms with van der Waals surface area (Å²) in [6.45, 7) is 17.4. The Morgan fingerprint density at radius 1 is 0.429 bits per heavy atom. The number of rotatable bonds is 16. The molecule has 2 aliphatic heterocycles. The van der Waals surface area contributed by atoms with E-state index in [2.05, 4.69) is 33.4 Å². The fourth-order valence-electron chi connectivity index (χ4n) is 8.22. The average Bonchev–Trinajstić information content (AvgIpc) is 3.20. The SMILES string of the molecule is CCCCCCCCN1CCOCCN(c2cccc3c2C(=O)c2c(cccc2N2CCOCCN(CCCCCCCC)CCOCC2)C3=O)CCOCC1. The van der Waals surface area contributed by atoms with E-state index in [1.165, 1.54) is 77.0 Å². The molecule has 0 amide bonds. The largest absolute Gasteiger partial charge is 0.378 e. The first-order valence-corrected chi connectivity index (χ1v) is 22.2. The second-order valence-electron chi connectivity index (χ2n) is 15.7. The summed E-state index contributed by atoms with van der Waals surface area (Å²) in [5.41, 5.74) is 3.40. The van der Waals surface area contributed by atoms with Gasteiger partial charge in [0.1, 0.15) is 0 Å². The van der Waals surface area contributed by atoms with Crippen LogP contribution in [0, 0.1) is 0 Å². The van der Waals surface area contributed by atoms with Crippen molar-refractivity contribution in [1.29, 1.82) is 0 Å². The minimum atomic E-state index is -0.114. The molecule has 0 N–H and O–H groups in total. The zero-order chi connectivity index (χ0) is 39.2. The number of ether oxygens (including phenoxy) is 4. The molecule has 0 saturated carbocycles. The van der Waals surface area contributed by atoms with Gasteiger partial charge in [-0.05, 0) is 38.1 Å². The third-order valence-corrected chi connectivity index (χ3v) is 11.6. The number of anilines is 2. The molecule has 0 aromatic heterocycles. The van der Waals surface area contributed by atoms with Crippen molar-refractivity contribution in [2.75, 3.05) is 128 Å². The molecule has 0 bridgehead atoms. The zero-order valence-corrected chi connectivity index (χ0v) is 34.9. The second-order valence-corrected chi connectivity index (χ2v) is 15.7.